The summed E-state index contributed by atoms with van der Waals surface area (Å²) in [6.45, 7) is 8.31. The van der Waals surface area contributed by atoms with Gasteiger partial charge in [-0.2, -0.15) is 0 Å². The Morgan fingerprint density at radius 2 is 1.68 bits per heavy atom. The van der Waals surface area contributed by atoms with E-state index in [4.69, 9.17) is 14.5 Å². The number of para-hydroxylation sites is 1. The lowest BCUT2D eigenvalue weighted by molar-refractivity contribution is -0.132. The standard InChI is InChI=1S/C26H33N3O4S/c1-7-17(3)28(18(4)8-2)24(30)16-34-26-27-21-12-10-9-11-20(21)25(31)29(26)19-13-14-22(32-5)23(15-19)33-6/h9-15,17-18H,7-8,16H2,1-6H3. The minimum atomic E-state index is -0.200. The zero-order chi connectivity index (χ0) is 24.8. The molecule has 1 heterocycles. The fourth-order valence-corrected chi connectivity index (χ4v) is 4.80. The number of hydrogen-bond acceptors (Lipinski definition) is 6. The van der Waals surface area contributed by atoms with Crippen molar-refractivity contribution < 1.29 is 14.3 Å². The molecule has 1 amide bonds. The summed E-state index contributed by atoms with van der Waals surface area (Å²) in [6, 6.07) is 12.8. The molecule has 0 aliphatic rings. The molecule has 8 heteroatoms. The van der Waals surface area contributed by atoms with Gasteiger partial charge in [0.2, 0.25) is 5.91 Å². The molecule has 3 aromatic rings. The highest BCUT2D eigenvalue weighted by Gasteiger charge is 2.24. The zero-order valence-corrected chi connectivity index (χ0v) is 21.5. The number of ether oxygens (including phenoxy) is 2. The van der Waals surface area contributed by atoms with E-state index >= 15 is 0 Å². The van der Waals surface area contributed by atoms with Crippen molar-refractivity contribution in [3.8, 4) is 17.2 Å². The van der Waals surface area contributed by atoms with Crippen molar-refractivity contribution >= 4 is 28.6 Å². The quantitative estimate of drug-likeness (QED) is 0.301. The molecule has 182 valence electrons. The summed E-state index contributed by atoms with van der Waals surface area (Å²) in [5.74, 6) is 1.30. The van der Waals surface area contributed by atoms with Crippen molar-refractivity contribution in [3.63, 3.8) is 0 Å². The highest BCUT2D eigenvalue weighted by molar-refractivity contribution is 7.99. The first-order valence-corrected chi connectivity index (χ1v) is 12.5. The molecule has 2 aromatic carbocycles. The number of fused-ring (bicyclic) bond motifs is 1. The monoisotopic (exact) mass is 483 g/mol. The lowest BCUT2D eigenvalue weighted by Gasteiger charge is -2.34. The first-order chi connectivity index (χ1) is 16.4. The number of benzene rings is 2. The van der Waals surface area contributed by atoms with Crippen LogP contribution in [0.15, 0.2) is 52.4 Å². The smallest absolute Gasteiger partial charge is 0.266 e. The van der Waals surface area contributed by atoms with Crippen LogP contribution < -0.4 is 15.0 Å². The van der Waals surface area contributed by atoms with Crippen LogP contribution in [0.3, 0.4) is 0 Å². The Morgan fingerprint density at radius 3 is 2.29 bits per heavy atom. The van der Waals surface area contributed by atoms with Crippen molar-refractivity contribution in [3.05, 3.63) is 52.8 Å². The lowest BCUT2D eigenvalue weighted by atomic mass is 10.1. The summed E-state index contributed by atoms with van der Waals surface area (Å²) in [4.78, 5) is 33.5. The fourth-order valence-electron chi connectivity index (χ4n) is 3.92. The minimum absolute atomic E-state index is 0.0370. The van der Waals surface area contributed by atoms with Gasteiger partial charge in [-0.05, 0) is 51.0 Å². The molecule has 0 radical (unpaired) electrons. The van der Waals surface area contributed by atoms with Crippen molar-refractivity contribution in [2.45, 2.75) is 57.8 Å². The second-order valence-electron chi connectivity index (χ2n) is 8.20. The Hall–Kier alpha value is -3.00. The number of carbonyl (C=O) groups excluding carboxylic acids is 1. The number of methoxy groups -OCH3 is 2. The van der Waals surface area contributed by atoms with Gasteiger partial charge in [-0.3, -0.25) is 14.2 Å². The molecule has 0 aliphatic heterocycles. The van der Waals surface area contributed by atoms with Gasteiger partial charge in [0.05, 0.1) is 36.6 Å². The third-order valence-corrected chi connectivity index (χ3v) is 7.04. The zero-order valence-electron chi connectivity index (χ0n) is 20.7. The van der Waals surface area contributed by atoms with Crippen LogP contribution in [0.1, 0.15) is 40.5 Å². The van der Waals surface area contributed by atoms with Crippen LogP contribution in [0.25, 0.3) is 16.6 Å². The van der Waals surface area contributed by atoms with Crippen molar-refractivity contribution in [1.29, 1.82) is 0 Å². The Balaban J connectivity index is 2.07. The van der Waals surface area contributed by atoms with E-state index in [2.05, 4.69) is 27.7 Å². The second kappa shape index (κ2) is 11.4. The number of rotatable bonds is 10. The van der Waals surface area contributed by atoms with E-state index in [1.165, 1.54) is 11.8 Å². The summed E-state index contributed by atoms with van der Waals surface area (Å²) in [6.07, 6.45) is 1.76. The maximum absolute atomic E-state index is 13.5. The third kappa shape index (κ3) is 5.22. The minimum Gasteiger partial charge on any atom is -0.493 e. The lowest BCUT2D eigenvalue weighted by Crippen LogP contribution is -2.45. The first-order valence-electron chi connectivity index (χ1n) is 11.5. The number of thioether (sulfide) groups is 1. The van der Waals surface area contributed by atoms with E-state index in [0.717, 1.165) is 12.8 Å². The highest BCUT2D eigenvalue weighted by Crippen LogP contribution is 2.31. The number of amides is 1. The third-order valence-electron chi connectivity index (χ3n) is 6.11. The Labute approximate surface area is 205 Å². The summed E-state index contributed by atoms with van der Waals surface area (Å²) in [5.41, 5.74) is 0.991. The maximum atomic E-state index is 13.5. The molecule has 7 nitrogen and oxygen atoms in total. The van der Waals surface area contributed by atoms with Crippen LogP contribution in [-0.2, 0) is 4.79 Å². The Kier molecular flexibility index (Phi) is 8.61. The van der Waals surface area contributed by atoms with Crippen LogP contribution in [0.2, 0.25) is 0 Å². The first kappa shape index (κ1) is 25.6. The largest absolute Gasteiger partial charge is 0.493 e. The van der Waals surface area contributed by atoms with Gasteiger partial charge in [-0.1, -0.05) is 37.7 Å². The average molecular weight is 484 g/mol. The molecule has 2 unspecified atom stereocenters. The predicted molar refractivity (Wildman–Crippen MR) is 138 cm³/mol. The predicted octanol–water partition coefficient (Wildman–Crippen LogP) is 4.92. The highest BCUT2D eigenvalue weighted by atomic mass is 32.2. The van der Waals surface area contributed by atoms with E-state index < -0.39 is 0 Å². The summed E-state index contributed by atoms with van der Waals surface area (Å²) in [5, 5.41) is 0.964. The van der Waals surface area contributed by atoms with Gasteiger partial charge >= 0.3 is 0 Å². The topological polar surface area (TPSA) is 73.7 Å². The van der Waals surface area contributed by atoms with Gasteiger partial charge in [0.15, 0.2) is 16.7 Å². The molecular formula is C26H33N3O4S. The second-order valence-corrected chi connectivity index (χ2v) is 9.14. The molecule has 0 N–H and O–H groups in total. The maximum Gasteiger partial charge on any atom is 0.266 e. The van der Waals surface area contributed by atoms with Crippen molar-refractivity contribution in [2.24, 2.45) is 0 Å². The normalized spacial score (nSPS) is 12.9. The van der Waals surface area contributed by atoms with Crippen LogP contribution in [0.4, 0.5) is 0 Å². The molecule has 34 heavy (non-hydrogen) atoms. The van der Waals surface area contributed by atoms with E-state index in [0.29, 0.717) is 33.2 Å². The summed E-state index contributed by atoms with van der Waals surface area (Å²) < 4.78 is 12.3. The molecule has 0 bridgehead atoms. The van der Waals surface area contributed by atoms with E-state index in [9.17, 15) is 9.59 Å². The SMILES string of the molecule is CCC(C)N(C(=O)CSc1nc2ccccc2c(=O)n1-c1ccc(OC)c(OC)c1)C(C)CC. The molecule has 0 saturated carbocycles. The number of hydrogen-bond donors (Lipinski definition) is 0. The Morgan fingerprint density at radius 1 is 1.03 bits per heavy atom. The van der Waals surface area contributed by atoms with Crippen molar-refractivity contribution in [2.75, 3.05) is 20.0 Å². The molecule has 3 rings (SSSR count). The van der Waals surface area contributed by atoms with Crippen LogP contribution in [-0.4, -0.2) is 52.4 Å². The fraction of sp³-hybridized carbons (Fsp3) is 0.423. The summed E-state index contributed by atoms with van der Waals surface area (Å²) >= 11 is 1.28. The van der Waals surface area contributed by atoms with Crippen molar-refractivity contribution in [1.82, 2.24) is 14.5 Å². The number of carbonyl (C=O) groups is 1. The van der Waals surface area contributed by atoms with E-state index in [1.807, 2.05) is 23.1 Å². The van der Waals surface area contributed by atoms with Crippen LogP contribution in [0, 0.1) is 0 Å². The molecule has 2 atom stereocenters. The van der Waals surface area contributed by atoms with Gasteiger partial charge in [-0.25, -0.2) is 4.98 Å². The molecule has 1 aromatic heterocycles. The van der Waals surface area contributed by atoms with Gasteiger partial charge in [-0.15, -0.1) is 0 Å². The van der Waals surface area contributed by atoms with E-state index in [1.54, 1.807) is 43.1 Å². The number of aromatic nitrogens is 2. The van der Waals surface area contributed by atoms with Crippen LogP contribution >= 0.6 is 11.8 Å². The summed E-state index contributed by atoms with van der Waals surface area (Å²) in [7, 11) is 3.12. The molecule has 0 saturated heterocycles. The Bertz CT molecular complexity index is 1200. The average Bonchev–Trinajstić information content (AvgIpc) is 2.86. The van der Waals surface area contributed by atoms with Gasteiger partial charge in [0, 0.05) is 18.2 Å². The van der Waals surface area contributed by atoms with Crippen LogP contribution in [0.5, 0.6) is 11.5 Å². The number of nitrogens with zero attached hydrogens (tertiary/aromatic N) is 3. The molecular weight excluding hydrogens is 450 g/mol. The van der Waals surface area contributed by atoms with Gasteiger partial charge < -0.3 is 14.4 Å². The molecule has 0 aliphatic carbocycles. The van der Waals surface area contributed by atoms with Gasteiger partial charge in [0.1, 0.15) is 0 Å². The van der Waals surface area contributed by atoms with Gasteiger partial charge in [0.25, 0.3) is 5.56 Å². The molecule has 0 fully saturated rings. The molecule has 0 spiro atoms. The van der Waals surface area contributed by atoms with E-state index in [-0.39, 0.29) is 29.3 Å².